The summed E-state index contributed by atoms with van der Waals surface area (Å²) in [7, 11) is -5.49. The van der Waals surface area contributed by atoms with Crippen LogP contribution < -0.4 is 30.7 Å². The molecule has 0 amide bonds. The maximum atomic E-state index is 15.1. The van der Waals surface area contributed by atoms with Crippen molar-refractivity contribution in [3.8, 4) is 0 Å². The monoisotopic (exact) mass is 688 g/mol. The number of carbonyl (C=O) groups excluding carboxylic acids is 1. The van der Waals surface area contributed by atoms with E-state index in [2.05, 4.69) is 185 Å². The van der Waals surface area contributed by atoms with Gasteiger partial charge in [-0.1, -0.05) is 187 Å². The van der Waals surface area contributed by atoms with Gasteiger partial charge in [0.2, 0.25) is 16.5 Å². The van der Waals surface area contributed by atoms with Crippen LogP contribution in [0.25, 0.3) is 0 Å². The fourth-order valence-corrected chi connectivity index (χ4v) is 17.1. The zero-order valence-corrected chi connectivity index (χ0v) is 32.1. The lowest BCUT2D eigenvalue weighted by atomic mass is 10.0. The van der Waals surface area contributed by atoms with Crippen molar-refractivity contribution in [3.63, 3.8) is 0 Å². The van der Waals surface area contributed by atoms with Gasteiger partial charge < -0.3 is 9.96 Å². The highest BCUT2D eigenvalue weighted by atomic mass is 28.3. The molecule has 0 spiro atoms. The van der Waals surface area contributed by atoms with Crippen LogP contribution in [0, 0.1) is 0 Å². The summed E-state index contributed by atoms with van der Waals surface area (Å²) < 4.78 is 0. The van der Waals surface area contributed by atoms with Gasteiger partial charge in [0.15, 0.2) is 5.78 Å². The number of ketones is 1. The average molecular weight is 689 g/mol. The summed E-state index contributed by atoms with van der Waals surface area (Å²) in [6, 6.07) is 59.3. The van der Waals surface area contributed by atoms with Crippen molar-refractivity contribution in [2.24, 2.45) is 0 Å². The molecule has 0 saturated heterocycles. The summed E-state index contributed by atoms with van der Waals surface area (Å²) in [5, 5.41) is 4.80. The van der Waals surface area contributed by atoms with E-state index >= 15 is 4.79 Å². The van der Waals surface area contributed by atoms with Crippen molar-refractivity contribution in [2.45, 2.75) is 51.6 Å². The lowest BCUT2D eigenvalue weighted by Gasteiger charge is -2.45. The molecule has 0 aliphatic carbocycles. The molecule has 50 heavy (non-hydrogen) atoms. The summed E-state index contributed by atoms with van der Waals surface area (Å²) >= 11 is 0. The smallest absolute Gasteiger partial charge is 0.223 e. The zero-order valence-electron chi connectivity index (χ0n) is 30.1. The lowest BCUT2D eigenvalue weighted by Crippen LogP contribution is -2.70. The molecule has 0 saturated carbocycles. The van der Waals surface area contributed by atoms with Gasteiger partial charge in [-0.15, -0.1) is 0 Å². The highest BCUT2D eigenvalue weighted by Crippen LogP contribution is 2.39. The first-order valence-corrected chi connectivity index (χ1v) is 21.5. The van der Waals surface area contributed by atoms with E-state index < -0.39 is 16.5 Å². The first kappa shape index (κ1) is 34.9. The molecule has 6 rings (SSSR count). The highest BCUT2D eigenvalue weighted by molar-refractivity contribution is 7.07. The van der Waals surface area contributed by atoms with E-state index in [1.807, 2.05) is 36.4 Å². The van der Waals surface area contributed by atoms with Crippen LogP contribution in [0.4, 0.5) is 11.4 Å². The van der Waals surface area contributed by atoms with Crippen molar-refractivity contribution in [3.05, 3.63) is 181 Å². The standard InChI is InChI=1S/C45H48N2OSi2/c1-44(2,3)49(35-23-11-7-12-24-35,36-25-13-8-14-26-36)46-41-33-21-19-31-39(41)43(48)40-32-20-22-34-42(40)47-50(45(4,5)6,37-27-15-9-16-28-37)38-29-17-10-18-30-38/h7-34,46-47H,1-6H3. The van der Waals surface area contributed by atoms with E-state index in [1.165, 1.54) is 20.7 Å². The predicted octanol–water partition coefficient (Wildman–Crippen LogP) is 8.86. The number of benzene rings is 6. The molecule has 3 nitrogen and oxygen atoms in total. The number of para-hydroxylation sites is 2. The van der Waals surface area contributed by atoms with Gasteiger partial charge in [0.25, 0.3) is 0 Å². The Labute approximate surface area is 300 Å². The minimum absolute atomic E-state index is 0.00735. The third-order valence-corrected chi connectivity index (χ3v) is 20.7. The van der Waals surface area contributed by atoms with Gasteiger partial charge >= 0.3 is 0 Å². The quantitative estimate of drug-likeness (QED) is 0.112. The van der Waals surface area contributed by atoms with Crippen molar-refractivity contribution in [1.29, 1.82) is 0 Å². The number of nitrogens with one attached hydrogen (secondary N) is 2. The van der Waals surface area contributed by atoms with Crippen LogP contribution in [0.3, 0.4) is 0 Å². The minimum Gasteiger partial charge on any atom is -0.402 e. The Morgan fingerprint density at radius 1 is 0.380 bits per heavy atom. The summed E-state index contributed by atoms with van der Waals surface area (Å²) in [6.07, 6.45) is 0. The van der Waals surface area contributed by atoms with Crippen LogP contribution in [-0.4, -0.2) is 22.3 Å². The molecule has 6 aromatic carbocycles. The number of hydrogen-bond acceptors (Lipinski definition) is 3. The van der Waals surface area contributed by atoms with Gasteiger partial charge in [0.1, 0.15) is 0 Å². The Kier molecular flexibility index (Phi) is 9.83. The number of rotatable bonds is 10. The summed E-state index contributed by atoms with van der Waals surface area (Å²) in [5.41, 5.74) is 3.04. The van der Waals surface area contributed by atoms with Crippen LogP contribution in [0.2, 0.25) is 10.1 Å². The van der Waals surface area contributed by atoms with Gasteiger partial charge in [-0.25, -0.2) is 0 Å². The first-order chi connectivity index (χ1) is 24.0. The topological polar surface area (TPSA) is 41.1 Å². The van der Waals surface area contributed by atoms with Gasteiger partial charge in [-0.05, 0) is 55.1 Å². The number of carbonyl (C=O) groups is 1. The Hall–Kier alpha value is -4.98. The molecule has 2 N–H and O–H groups in total. The van der Waals surface area contributed by atoms with Crippen LogP contribution >= 0.6 is 0 Å². The second kappa shape index (κ2) is 14.1. The Balaban J connectivity index is 1.50. The van der Waals surface area contributed by atoms with Gasteiger partial charge in [0, 0.05) is 22.5 Å². The summed E-state index contributed by atoms with van der Waals surface area (Å²) in [5.74, 6) is -0.00735. The first-order valence-electron chi connectivity index (χ1n) is 17.5. The molecule has 0 atom stereocenters. The van der Waals surface area contributed by atoms with Crippen LogP contribution in [0.5, 0.6) is 0 Å². The fourth-order valence-electron chi connectivity index (χ4n) is 7.61. The van der Waals surface area contributed by atoms with Crippen molar-refractivity contribution in [1.82, 2.24) is 0 Å². The molecular weight excluding hydrogens is 641 g/mol. The normalized spacial score (nSPS) is 12.3. The molecular formula is C45H48N2OSi2. The molecule has 0 bridgehead atoms. The minimum atomic E-state index is -2.74. The van der Waals surface area contributed by atoms with Crippen LogP contribution in [0.15, 0.2) is 170 Å². The average Bonchev–Trinajstić information content (AvgIpc) is 3.13. The van der Waals surface area contributed by atoms with Gasteiger partial charge in [0.05, 0.1) is 0 Å². The van der Waals surface area contributed by atoms with Crippen molar-refractivity contribution in [2.75, 3.05) is 9.96 Å². The lowest BCUT2D eigenvalue weighted by molar-refractivity contribution is 0.104. The second-order valence-corrected chi connectivity index (χ2v) is 23.9. The highest BCUT2D eigenvalue weighted by Gasteiger charge is 2.50. The van der Waals surface area contributed by atoms with Crippen LogP contribution in [0.1, 0.15) is 57.5 Å². The number of anilines is 2. The second-order valence-electron chi connectivity index (χ2n) is 15.1. The maximum absolute atomic E-state index is 15.1. The van der Waals surface area contributed by atoms with Crippen molar-refractivity contribution < 1.29 is 4.79 Å². The SMILES string of the molecule is CC(C)(C)[Si](Nc1ccccc1C(=O)c1ccccc1N[Si](c1ccccc1)(c1ccccc1)C(C)(C)C)(c1ccccc1)c1ccccc1. The fraction of sp³-hybridized carbons (Fsp3) is 0.178. The summed E-state index contributed by atoms with van der Waals surface area (Å²) in [4.78, 5) is 23.3. The molecule has 0 fully saturated rings. The Morgan fingerprint density at radius 3 is 0.880 bits per heavy atom. The molecule has 0 unspecified atom stereocenters. The largest absolute Gasteiger partial charge is 0.402 e. The molecule has 0 radical (unpaired) electrons. The molecule has 0 aliphatic rings. The van der Waals surface area contributed by atoms with Gasteiger partial charge in [-0.2, -0.15) is 0 Å². The molecule has 0 aliphatic heterocycles. The van der Waals surface area contributed by atoms with E-state index in [1.54, 1.807) is 0 Å². The zero-order chi connectivity index (χ0) is 35.4. The van der Waals surface area contributed by atoms with E-state index in [0.717, 1.165) is 11.4 Å². The third-order valence-electron chi connectivity index (χ3n) is 10.1. The van der Waals surface area contributed by atoms with Gasteiger partial charge in [-0.3, -0.25) is 4.79 Å². The Bertz CT molecular complexity index is 1810. The van der Waals surface area contributed by atoms with Crippen LogP contribution in [-0.2, 0) is 0 Å². The molecule has 0 heterocycles. The maximum Gasteiger partial charge on any atom is 0.223 e. The van der Waals surface area contributed by atoms with E-state index in [-0.39, 0.29) is 15.9 Å². The van der Waals surface area contributed by atoms with E-state index in [4.69, 9.17) is 0 Å². The predicted molar refractivity (Wildman–Crippen MR) is 219 cm³/mol. The third kappa shape index (κ3) is 6.39. The molecule has 6 aromatic rings. The molecule has 0 aromatic heterocycles. The number of hydrogen-bond donors (Lipinski definition) is 2. The Morgan fingerprint density at radius 2 is 0.620 bits per heavy atom. The molecule has 5 heteroatoms. The molecule has 252 valence electrons. The summed E-state index contributed by atoms with van der Waals surface area (Å²) in [6.45, 7) is 13.9. The van der Waals surface area contributed by atoms with Crippen molar-refractivity contribution >= 4 is 54.4 Å². The van der Waals surface area contributed by atoms with E-state index in [9.17, 15) is 0 Å². The van der Waals surface area contributed by atoms with E-state index in [0.29, 0.717) is 11.1 Å².